The summed E-state index contributed by atoms with van der Waals surface area (Å²) < 4.78 is 4.75. The Morgan fingerprint density at radius 1 is 0.306 bits per heavy atom. The Morgan fingerprint density at radius 3 is 1.56 bits per heavy atom. The van der Waals surface area contributed by atoms with Crippen molar-refractivity contribution in [2.75, 3.05) is 0 Å². The molecule has 0 spiro atoms. The van der Waals surface area contributed by atoms with Gasteiger partial charge in [0.05, 0.1) is 22.1 Å². The first-order valence-electron chi connectivity index (χ1n) is 20.7. The number of nitrogens with zero attached hydrogens (tertiary/aromatic N) is 7. The maximum atomic E-state index is 4.92. The predicted molar refractivity (Wildman–Crippen MR) is 251 cm³/mol. The Bertz CT molecular complexity index is 3560. The standard InChI is InChI=1S/C55H35N7/c1-2-16-40(17-3-1)61-49-24-7-5-19-45(49)52-42(20-13-25-50(52)61)36-26-29-41(30-27-36)62-48-23-6-4-18-43(48)44-31-28-38(35-51(44)62)37-14-12-15-39(34-37)53-58-54(46-21-8-10-32-56-46)60-55(59-53)47-22-9-11-33-57-47/h1-35H. The molecule has 0 bridgehead atoms. The molecular weight excluding hydrogens is 759 g/mol. The zero-order valence-corrected chi connectivity index (χ0v) is 33.3. The molecular formula is C55H35N7. The molecule has 5 heterocycles. The van der Waals surface area contributed by atoms with E-state index in [1.54, 1.807) is 12.4 Å². The molecule has 0 radical (unpaired) electrons. The molecule has 0 fully saturated rings. The van der Waals surface area contributed by atoms with Crippen LogP contribution < -0.4 is 0 Å². The molecule has 0 aliphatic heterocycles. The minimum atomic E-state index is 0.495. The summed E-state index contributed by atoms with van der Waals surface area (Å²) in [4.78, 5) is 23.7. The topological polar surface area (TPSA) is 74.3 Å². The van der Waals surface area contributed by atoms with Crippen molar-refractivity contribution in [3.05, 3.63) is 213 Å². The summed E-state index contributed by atoms with van der Waals surface area (Å²) in [6.45, 7) is 0. The molecule has 7 nitrogen and oxygen atoms in total. The second-order valence-corrected chi connectivity index (χ2v) is 15.3. The first-order valence-corrected chi connectivity index (χ1v) is 20.7. The largest absolute Gasteiger partial charge is 0.309 e. The lowest BCUT2D eigenvalue weighted by Crippen LogP contribution is -2.01. The molecule has 7 heteroatoms. The van der Waals surface area contributed by atoms with Crippen LogP contribution in [0.15, 0.2) is 213 Å². The molecule has 0 N–H and O–H groups in total. The van der Waals surface area contributed by atoms with Crippen molar-refractivity contribution in [3.63, 3.8) is 0 Å². The van der Waals surface area contributed by atoms with Gasteiger partial charge in [-0.3, -0.25) is 9.97 Å². The molecule has 5 aromatic heterocycles. The average Bonchev–Trinajstić information content (AvgIpc) is 3.87. The Hall–Kier alpha value is -8.55. The number of aromatic nitrogens is 7. The Balaban J connectivity index is 0.963. The predicted octanol–water partition coefficient (Wildman–Crippen LogP) is 13.2. The molecule has 62 heavy (non-hydrogen) atoms. The van der Waals surface area contributed by atoms with Gasteiger partial charge in [0.25, 0.3) is 0 Å². The fraction of sp³-hybridized carbons (Fsp3) is 0. The van der Waals surface area contributed by atoms with Crippen LogP contribution in [-0.2, 0) is 0 Å². The summed E-state index contributed by atoms with van der Waals surface area (Å²) in [7, 11) is 0. The van der Waals surface area contributed by atoms with Crippen LogP contribution in [0.4, 0.5) is 0 Å². The minimum Gasteiger partial charge on any atom is -0.309 e. The summed E-state index contributed by atoms with van der Waals surface area (Å²) in [6, 6.07) is 70.3. The molecule has 0 saturated carbocycles. The maximum absolute atomic E-state index is 4.92. The SMILES string of the molecule is c1ccc(-n2c3ccccc3c3c(-c4ccc(-n5c6ccccc6c6ccc(-c7cccc(-c8nc(-c9ccccn9)nc(-c9ccccn9)n8)c7)cc65)cc4)cccc32)cc1. The van der Waals surface area contributed by atoms with Crippen molar-refractivity contribution in [2.45, 2.75) is 0 Å². The first-order chi connectivity index (χ1) is 30.7. The molecule has 7 aromatic carbocycles. The lowest BCUT2D eigenvalue weighted by molar-refractivity contribution is 1.05. The number of fused-ring (bicyclic) bond motifs is 6. The third-order valence-corrected chi connectivity index (χ3v) is 11.7. The summed E-state index contributed by atoms with van der Waals surface area (Å²) in [5, 5.41) is 4.89. The number of rotatable bonds is 7. The smallest absolute Gasteiger partial charge is 0.182 e. The van der Waals surface area contributed by atoms with Gasteiger partial charge < -0.3 is 9.13 Å². The van der Waals surface area contributed by atoms with Crippen LogP contribution in [-0.4, -0.2) is 34.1 Å². The van der Waals surface area contributed by atoms with Gasteiger partial charge in [-0.15, -0.1) is 0 Å². The Kier molecular flexibility index (Phi) is 8.35. The first kappa shape index (κ1) is 35.4. The number of hydrogen-bond acceptors (Lipinski definition) is 5. The van der Waals surface area contributed by atoms with Crippen molar-refractivity contribution in [3.8, 4) is 68.1 Å². The molecule has 12 rings (SSSR count). The lowest BCUT2D eigenvalue weighted by atomic mass is 9.99. The summed E-state index contributed by atoms with van der Waals surface area (Å²) in [6.07, 6.45) is 3.49. The van der Waals surface area contributed by atoms with Crippen molar-refractivity contribution < 1.29 is 0 Å². The number of hydrogen-bond donors (Lipinski definition) is 0. The highest BCUT2D eigenvalue weighted by Crippen LogP contribution is 2.40. The van der Waals surface area contributed by atoms with Gasteiger partial charge in [0.1, 0.15) is 11.4 Å². The molecule has 0 aliphatic rings. The third-order valence-electron chi connectivity index (χ3n) is 11.7. The summed E-state index contributed by atoms with van der Waals surface area (Å²) in [5.41, 5.74) is 13.7. The van der Waals surface area contributed by atoms with Gasteiger partial charge >= 0.3 is 0 Å². The second kappa shape index (κ2) is 14.6. The quantitative estimate of drug-likeness (QED) is 0.161. The van der Waals surface area contributed by atoms with Gasteiger partial charge in [-0.05, 0) is 101 Å². The maximum Gasteiger partial charge on any atom is 0.182 e. The van der Waals surface area contributed by atoms with Crippen LogP contribution in [0.3, 0.4) is 0 Å². The van der Waals surface area contributed by atoms with Gasteiger partial charge in [-0.2, -0.15) is 0 Å². The van der Waals surface area contributed by atoms with E-state index in [9.17, 15) is 0 Å². The van der Waals surface area contributed by atoms with E-state index in [2.05, 4.69) is 177 Å². The normalized spacial score (nSPS) is 11.5. The van der Waals surface area contributed by atoms with Crippen LogP contribution in [0, 0.1) is 0 Å². The lowest BCUT2D eigenvalue weighted by Gasteiger charge is -2.12. The van der Waals surface area contributed by atoms with E-state index in [-0.39, 0.29) is 0 Å². The van der Waals surface area contributed by atoms with Crippen LogP contribution in [0.2, 0.25) is 0 Å². The van der Waals surface area contributed by atoms with Crippen molar-refractivity contribution >= 4 is 43.6 Å². The van der Waals surface area contributed by atoms with E-state index in [0.29, 0.717) is 28.9 Å². The monoisotopic (exact) mass is 793 g/mol. The fourth-order valence-corrected chi connectivity index (χ4v) is 8.90. The molecule has 0 aliphatic carbocycles. The van der Waals surface area contributed by atoms with E-state index in [1.807, 2.05) is 42.5 Å². The molecule has 0 atom stereocenters. The molecule has 0 unspecified atom stereocenters. The Labute approximate surface area is 356 Å². The zero-order valence-electron chi connectivity index (χ0n) is 33.3. The van der Waals surface area contributed by atoms with Gasteiger partial charge in [-0.1, -0.05) is 121 Å². The van der Waals surface area contributed by atoms with E-state index >= 15 is 0 Å². The number of benzene rings is 7. The van der Waals surface area contributed by atoms with E-state index < -0.39 is 0 Å². The van der Waals surface area contributed by atoms with E-state index in [4.69, 9.17) is 15.0 Å². The molecule has 12 aromatic rings. The van der Waals surface area contributed by atoms with Gasteiger partial charge in [0.15, 0.2) is 17.5 Å². The third kappa shape index (κ3) is 5.94. The average molecular weight is 794 g/mol. The van der Waals surface area contributed by atoms with Gasteiger partial charge in [0.2, 0.25) is 0 Å². The van der Waals surface area contributed by atoms with Crippen molar-refractivity contribution in [1.29, 1.82) is 0 Å². The summed E-state index contributed by atoms with van der Waals surface area (Å²) >= 11 is 0. The highest BCUT2D eigenvalue weighted by molar-refractivity contribution is 6.16. The second-order valence-electron chi connectivity index (χ2n) is 15.3. The van der Waals surface area contributed by atoms with Crippen molar-refractivity contribution in [1.82, 2.24) is 34.1 Å². The number of pyridine rings is 2. The van der Waals surface area contributed by atoms with Crippen LogP contribution in [0.1, 0.15) is 0 Å². The van der Waals surface area contributed by atoms with Crippen LogP contribution >= 0.6 is 0 Å². The molecule has 0 amide bonds. The van der Waals surface area contributed by atoms with Crippen LogP contribution in [0.25, 0.3) is 112 Å². The summed E-state index contributed by atoms with van der Waals surface area (Å²) in [5.74, 6) is 1.54. The van der Waals surface area contributed by atoms with Gasteiger partial charge in [-0.25, -0.2) is 15.0 Å². The van der Waals surface area contributed by atoms with E-state index in [0.717, 1.165) is 39.1 Å². The van der Waals surface area contributed by atoms with Crippen molar-refractivity contribution in [2.24, 2.45) is 0 Å². The molecule has 290 valence electrons. The van der Waals surface area contributed by atoms with Crippen LogP contribution in [0.5, 0.6) is 0 Å². The molecule has 0 saturated heterocycles. The zero-order chi connectivity index (χ0) is 41.0. The fourth-order valence-electron chi connectivity index (χ4n) is 8.90. The van der Waals surface area contributed by atoms with E-state index in [1.165, 1.54) is 43.7 Å². The Morgan fingerprint density at radius 2 is 0.839 bits per heavy atom. The highest BCUT2D eigenvalue weighted by atomic mass is 15.1. The highest BCUT2D eigenvalue weighted by Gasteiger charge is 2.19. The number of para-hydroxylation sites is 3. The van der Waals surface area contributed by atoms with Gasteiger partial charge in [0, 0.05) is 50.9 Å². The minimum absolute atomic E-state index is 0.495.